The summed E-state index contributed by atoms with van der Waals surface area (Å²) in [7, 11) is 0. The van der Waals surface area contributed by atoms with Gasteiger partial charge in [-0.3, -0.25) is 0 Å². The number of hydrogen-bond donors (Lipinski definition) is 1. The number of rotatable bonds is 3. The third-order valence-electron chi connectivity index (χ3n) is 2.30. The van der Waals surface area contributed by atoms with Crippen LogP contribution < -0.4 is 10.5 Å². The first-order valence-electron chi connectivity index (χ1n) is 5.08. The van der Waals surface area contributed by atoms with Crippen molar-refractivity contribution in [2.75, 3.05) is 5.73 Å². The molecule has 0 amide bonds. The standard InChI is InChI=1S/C13H11F2NO.Fe/c14-11-6-10(7-12(15)13(11)16)17-8-9-4-2-1-3-5-9;/h1-7H,8,16H2;. The average Bonchev–Trinajstić information content (AvgIpc) is 2.34. The monoisotopic (exact) mass is 291 g/mol. The van der Waals surface area contributed by atoms with Crippen LogP contribution in [0.25, 0.3) is 0 Å². The summed E-state index contributed by atoms with van der Waals surface area (Å²) in [5.41, 5.74) is 5.59. The minimum atomic E-state index is -0.812. The van der Waals surface area contributed by atoms with Gasteiger partial charge in [-0.2, -0.15) is 0 Å². The van der Waals surface area contributed by atoms with Gasteiger partial charge in [0.2, 0.25) is 0 Å². The summed E-state index contributed by atoms with van der Waals surface area (Å²) in [5.74, 6) is -1.50. The third kappa shape index (κ3) is 3.45. The van der Waals surface area contributed by atoms with E-state index in [1.165, 1.54) is 0 Å². The van der Waals surface area contributed by atoms with Gasteiger partial charge >= 0.3 is 0 Å². The van der Waals surface area contributed by atoms with Crippen molar-refractivity contribution in [1.82, 2.24) is 0 Å². The molecule has 5 heteroatoms. The zero-order valence-corrected chi connectivity index (χ0v) is 10.4. The molecular formula is C13H11F2FeNO. The maximum Gasteiger partial charge on any atom is 0.152 e. The van der Waals surface area contributed by atoms with E-state index in [2.05, 4.69) is 0 Å². The second-order valence-electron chi connectivity index (χ2n) is 3.57. The molecule has 0 fully saturated rings. The van der Waals surface area contributed by atoms with Gasteiger partial charge in [0.05, 0.1) is 0 Å². The van der Waals surface area contributed by atoms with Gasteiger partial charge in [0, 0.05) is 29.2 Å². The molecule has 18 heavy (non-hydrogen) atoms. The van der Waals surface area contributed by atoms with Crippen LogP contribution in [-0.2, 0) is 23.7 Å². The van der Waals surface area contributed by atoms with E-state index in [-0.39, 0.29) is 29.4 Å². The summed E-state index contributed by atoms with van der Waals surface area (Å²) in [6.45, 7) is 0.254. The van der Waals surface area contributed by atoms with E-state index in [4.69, 9.17) is 10.5 Å². The molecule has 0 aliphatic carbocycles. The van der Waals surface area contributed by atoms with Crippen molar-refractivity contribution in [1.29, 1.82) is 0 Å². The van der Waals surface area contributed by atoms with E-state index < -0.39 is 17.3 Å². The van der Waals surface area contributed by atoms with Gasteiger partial charge < -0.3 is 10.5 Å². The predicted molar refractivity (Wildman–Crippen MR) is 61.5 cm³/mol. The number of nitrogen functional groups attached to an aromatic ring is 1. The molecule has 2 aromatic rings. The number of benzene rings is 2. The van der Waals surface area contributed by atoms with Gasteiger partial charge in [-0.1, -0.05) is 30.3 Å². The normalized spacial score (nSPS) is 9.67. The fraction of sp³-hybridized carbons (Fsp3) is 0.0769. The number of anilines is 1. The minimum Gasteiger partial charge on any atom is -0.489 e. The molecule has 0 aliphatic heterocycles. The Labute approximate surface area is 114 Å². The molecule has 0 spiro atoms. The molecule has 96 valence electrons. The summed E-state index contributed by atoms with van der Waals surface area (Å²) in [6, 6.07) is 11.5. The smallest absolute Gasteiger partial charge is 0.152 e. The van der Waals surface area contributed by atoms with Crippen molar-refractivity contribution in [2.45, 2.75) is 6.61 Å². The summed E-state index contributed by atoms with van der Waals surface area (Å²) >= 11 is 0. The molecule has 0 aromatic heterocycles. The van der Waals surface area contributed by atoms with Crippen LogP contribution in [-0.4, -0.2) is 0 Å². The Morgan fingerprint density at radius 3 is 2.11 bits per heavy atom. The molecule has 2 rings (SSSR count). The Hall–Kier alpha value is -1.58. The van der Waals surface area contributed by atoms with Crippen LogP contribution in [0.15, 0.2) is 42.5 Å². The Morgan fingerprint density at radius 1 is 1.00 bits per heavy atom. The van der Waals surface area contributed by atoms with Gasteiger partial charge in [0.25, 0.3) is 0 Å². The van der Waals surface area contributed by atoms with Gasteiger partial charge in [0.15, 0.2) is 11.6 Å². The van der Waals surface area contributed by atoms with E-state index in [1.807, 2.05) is 30.3 Å². The van der Waals surface area contributed by atoms with Crippen molar-refractivity contribution in [3.05, 3.63) is 59.7 Å². The SMILES string of the molecule is Nc1c(F)cc(OCc2ccccc2)cc1F.[Fe]. The average molecular weight is 291 g/mol. The van der Waals surface area contributed by atoms with Crippen molar-refractivity contribution < 1.29 is 30.6 Å². The van der Waals surface area contributed by atoms with Gasteiger partial charge in [-0.15, -0.1) is 0 Å². The van der Waals surface area contributed by atoms with Crippen LogP contribution in [0.3, 0.4) is 0 Å². The molecule has 0 radical (unpaired) electrons. The van der Waals surface area contributed by atoms with E-state index in [9.17, 15) is 8.78 Å². The first-order chi connectivity index (χ1) is 8.16. The van der Waals surface area contributed by atoms with Crippen LogP contribution in [0.1, 0.15) is 5.56 Å². The van der Waals surface area contributed by atoms with E-state index >= 15 is 0 Å². The van der Waals surface area contributed by atoms with Crippen LogP contribution in [0.4, 0.5) is 14.5 Å². The molecule has 0 saturated heterocycles. The van der Waals surface area contributed by atoms with Crippen molar-refractivity contribution >= 4 is 5.69 Å². The van der Waals surface area contributed by atoms with Gasteiger partial charge in [-0.05, 0) is 5.56 Å². The quantitative estimate of drug-likeness (QED) is 0.696. The summed E-state index contributed by atoms with van der Waals surface area (Å²) in [4.78, 5) is 0. The molecule has 0 saturated carbocycles. The topological polar surface area (TPSA) is 35.2 Å². The van der Waals surface area contributed by atoms with Crippen LogP contribution >= 0.6 is 0 Å². The van der Waals surface area contributed by atoms with Crippen LogP contribution in [0, 0.1) is 11.6 Å². The molecule has 2 N–H and O–H groups in total. The van der Waals surface area contributed by atoms with Crippen molar-refractivity contribution in [2.24, 2.45) is 0 Å². The first-order valence-corrected chi connectivity index (χ1v) is 5.08. The maximum absolute atomic E-state index is 13.1. The molecule has 2 nitrogen and oxygen atoms in total. The Kier molecular flexibility index (Phi) is 5.13. The molecule has 0 aliphatic rings. The van der Waals surface area contributed by atoms with Crippen LogP contribution in [0.2, 0.25) is 0 Å². The minimum absolute atomic E-state index is 0. The van der Waals surface area contributed by atoms with Gasteiger partial charge in [-0.25, -0.2) is 8.78 Å². The third-order valence-corrected chi connectivity index (χ3v) is 2.30. The number of ether oxygens (including phenoxy) is 1. The van der Waals surface area contributed by atoms with Gasteiger partial charge in [0.1, 0.15) is 18.0 Å². The molecule has 0 bridgehead atoms. The summed E-state index contributed by atoms with van der Waals surface area (Å²) < 4.78 is 31.5. The van der Waals surface area contributed by atoms with Crippen molar-refractivity contribution in [3.8, 4) is 5.75 Å². The van der Waals surface area contributed by atoms with E-state index in [0.717, 1.165) is 17.7 Å². The molecule has 0 unspecified atom stereocenters. The number of nitrogens with two attached hydrogens (primary N) is 1. The zero-order chi connectivity index (χ0) is 12.3. The Bertz CT molecular complexity index is 497. The second kappa shape index (κ2) is 6.38. The molecule has 2 aromatic carbocycles. The summed E-state index contributed by atoms with van der Waals surface area (Å²) in [6.07, 6.45) is 0. The van der Waals surface area contributed by atoms with E-state index in [1.54, 1.807) is 0 Å². The fourth-order valence-electron chi connectivity index (χ4n) is 1.39. The maximum atomic E-state index is 13.1. The fourth-order valence-corrected chi connectivity index (χ4v) is 1.39. The molecular weight excluding hydrogens is 280 g/mol. The number of halogens is 2. The second-order valence-corrected chi connectivity index (χ2v) is 3.57. The Morgan fingerprint density at radius 2 is 1.56 bits per heavy atom. The first kappa shape index (κ1) is 14.5. The zero-order valence-electron chi connectivity index (χ0n) is 9.34. The van der Waals surface area contributed by atoms with Crippen LogP contribution in [0.5, 0.6) is 5.75 Å². The van der Waals surface area contributed by atoms with Crippen molar-refractivity contribution in [3.63, 3.8) is 0 Å². The largest absolute Gasteiger partial charge is 0.489 e. The van der Waals surface area contributed by atoms with E-state index in [0.29, 0.717) is 0 Å². The molecule has 0 heterocycles. The molecule has 0 atom stereocenters. The summed E-state index contributed by atoms with van der Waals surface area (Å²) in [5, 5.41) is 0. The number of hydrogen-bond acceptors (Lipinski definition) is 2. The Balaban J connectivity index is 0.00000162. The predicted octanol–water partition coefficient (Wildman–Crippen LogP) is 3.12.